The third kappa shape index (κ3) is 21.4. The van der Waals surface area contributed by atoms with E-state index < -0.39 is 120 Å². The highest BCUT2D eigenvalue weighted by molar-refractivity contribution is 5.99. The number of aromatic nitrogens is 4. The third-order valence-electron chi connectivity index (χ3n) is 17.0. The lowest BCUT2D eigenvalue weighted by Crippen LogP contribution is -2.62. The van der Waals surface area contributed by atoms with Gasteiger partial charge in [-0.1, -0.05) is 117 Å². The van der Waals surface area contributed by atoms with Crippen LogP contribution in [0.3, 0.4) is 0 Å². The first kappa shape index (κ1) is 71.6. The number of phenols is 1. The Bertz CT molecular complexity index is 3520. The largest absolute Gasteiger partial charge is 0.508 e. The summed E-state index contributed by atoms with van der Waals surface area (Å²) in [6, 6.07) is 20.1. The summed E-state index contributed by atoms with van der Waals surface area (Å²) in [5, 5.41) is 45.6. The molecule has 2 aromatic heterocycles. The number of aromatic amines is 2. The van der Waals surface area contributed by atoms with Crippen LogP contribution in [0.1, 0.15) is 92.4 Å². The van der Waals surface area contributed by atoms with Crippen LogP contribution >= 0.6 is 0 Å². The molecule has 27 heteroatoms. The number of benzene rings is 4. The zero-order chi connectivity index (χ0) is 68.5. The minimum atomic E-state index is -1.44. The number of hydrogen-bond donors (Lipinski definition) is 14. The number of unbranched alkanes of at least 4 members (excludes halogenated alkanes) is 1. The van der Waals surface area contributed by atoms with Gasteiger partial charge in [-0.3, -0.25) is 43.2 Å². The Kier molecular flexibility index (Phi) is 26.7. The molecular formula is C69H87N15O12. The Morgan fingerprint density at radius 3 is 1.40 bits per heavy atom. The van der Waals surface area contributed by atoms with Gasteiger partial charge in [-0.05, 0) is 98.3 Å². The maximum absolute atomic E-state index is 15.1. The van der Waals surface area contributed by atoms with E-state index in [0.717, 1.165) is 6.42 Å². The predicted molar refractivity (Wildman–Crippen MR) is 353 cm³/mol. The molecule has 9 amide bonds. The van der Waals surface area contributed by atoms with Crippen LogP contribution in [0.25, 0.3) is 0 Å². The van der Waals surface area contributed by atoms with E-state index in [2.05, 4.69) is 67.8 Å². The zero-order valence-electron chi connectivity index (χ0n) is 53.8. The topological polar surface area (TPSA) is 406 Å². The first-order chi connectivity index (χ1) is 46.3. The number of phenolic OH excluding ortho intramolecular Hbond substituents is 1. The van der Waals surface area contributed by atoms with Gasteiger partial charge in [-0.15, -0.1) is 0 Å². The molecule has 27 nitrogen and oxygen atoms in total. The monoisotopic (exact) mass is 1320 g/mol. The van der Waals surface area contributed by atoms with E-state index >= 15 is 9.59 Å². The van der Waals surface area contributed by atoms with E-state index in [4.69, 9.17) is 5.73 Å². The second-order valence-corrected chi connectivity index (χ2v) is 24.6. The molecular weight excluding hydrogens is 1230 g/mol. The Labute approximate surface area is 556 Å². The molecule has 510 valence electrons. The number of aromatic hydroxyl groups is 1. The van der Waals surface area contributed by atoms with Crippen LogP contribution in [-0.2, 0) is 86.5 Å². The Balaban J connectivity index is 1.03. The first-order valence-electron chi connectivity index (χ1n) is 32.6. The summed E-state index contributed by atoms with van der Waals surface area (Å²) in [6.45, 7) is 4.49. The molecule has 0 bridgehead atoms. The summed E-state index contributed by atoms with van der Waals surface area (Å²) in [5.41, 5.74) is 9.04. The average Bonchev–Trinajstić information content (AvgIpc) is 1.23. The van der Waals surface area contributed by atoms with Gasteiger partial charge < -0.3 is 78.7 Å². The highest BCUT2D eigenvalue weighted by Gasteiger charge is 2.41. The van der Waals surface area contributed by atoms with Crippen molar-refractivity contribution in [2.75, 3.05) is 19.6 Å². The number of H-pyrrole nitrogens is 2. The van der Waals surface area contributed by atoms with Gasteiger partial charge in [0, 0.05) is 68.9 Å². The molecule has 0 aliphatic carbocycles. The van der Waals surface area contributed by atoms with Gasteiger partial charge in [0.2, 0.25) is 53.2 Å². The van der Waals surface area contributed by atoms with Crippen LogP contribution in [0.15, 0.2) is 140 Å². The second-order valence-electron chi connectivity index (χ2n) is 24.6. The van der Waals surface area contributed by atoms with Crippen molar-refractivity contribution in [1.82, 2.24) is 72.7 Å². The van der Waals surface area contributed by atoms with Crippen LogP contribution in [0.5, 0.6) is 5.75 Å². The number of carboxylic acids is 1. The number of aliphatic carboxylic acids is 1. The molecule has 2 aliphatic heterocycles. The lowest BCUT2D eigenvalue weighted by molar-refractivity contribution is -0.142. The standard InChI is InChI=1S/C69H87N15O12/c1-42(2)59(67(93)81-54(35-46-25-27-49(85)28-26-46)61(87)76-51(69(95)96)22-12-13-29-70)83-65(91)55(34-45-20-10-5-11-21-45)78-62(88)52(32-43-16-6-3-7-17-43)77-64(90)56(36-47-38-71-40-74-47)79-63(89)53(33-44-18-8-4-9-19-44)80-66(92)58-24-15-31-84(58)68(94)57(37-48-39-72-41-75-48)82-60(86)50-23-14-30-73-50/h3-11,16-21,25-28,38-42,50-59,73,85H,12-15,22-24,29-37,70H2,1-2H3,(H,71,74)(H,72,75)(H,76,87)(H,77,90)(H,78,88)(H,79,89)(H,80,92)(H,81,93)(H,82,86)(H,83,91)(H,95,96)/t50-,51-,52-,53-,54-,55-,56-,57-,58?,59-/m0/s1. The molecule has 8 rings (SSSR count). The van der Waals surface area contributed by atoms with E-state index in [9.17, 15) is 48.6 Å². The van der Waals surface area contributed by atoms with E-state index in [-0.39, 0.29) is 69.6 Å². The predicted octanol–water partition coefficient (Wildman–Crippen LogP) is 1.09. The van der Waals surface area contributed by atoms with Gasteiger partial charge in [0.1, 0.15) is 60.1 Å². The maximum atomic E-state index is 15.1. The second kappa shape index (κ2) is 35.8. The molecule has 0 radical (unpaired) electrons. The Morgan fingerprint density at radius 2 is 0.948 bits per heavy atom. The summed E-state index contributed by atoms with van der Waals surface area (Å²) in [6.07, 6.45) is 8.44. The Morgan fingerprint density at radius 1 is 0.510 bits per heavy atom. The molecule has 10 atom stereocenters. The molecule has 1 unspecified atom stereocenters. The fourth-order valence-electron chi connectivity index (χ4n) is 11.7. The quantitative estimate of drug-likeness (QED) is 0.0248. The number of likely N-dealkylation sites (tertiary alicyclic amines) is 1. The number of nitrogens with two attached hydrogens (primary N) is 1. The van der Waals surface area contributed by atoms with Crippen molar-refractivity contribution in [2.45, 2.75) is 158 Å². The van der Waals surface area contributed by atoms with Crippen molar-refractivity contribution in [3.05, 3.63) is 174 Å². The number of hydrogen-bond acceptors (Lipinski definition) is 15. The van der Waals surface area contributed by atoms with Gasteiger partial charge in [0.25, 0.3) is 0 Å². The molecule has 0 saturated carbocycles. The van der Waals surface area contributed by atoms with Crippen molar-refractivity contribution < 1.29 is 58.2 Å². The number of carboxylic acid groups (broad SMARTS) is 1. The lowest BCUT2D eigenvalue weighted by atomic mass is 9.98. The number of amides is 9. The van der Waals surface area contributed by atoms with Crippen molar-refractivity contribution in [2.24, 2.45) is 11.7 Å². The van der Waals surface area contributed by atoms with Crippen molar-refractivity contribution in [3.63, 3.8) is 0 Å². The van der Waals surface area contributed by atoms with Crippen LogP contribution in [-0.4, -0.2) is 174 Å². The van der Waals surface area contributed by atoms with Gasteiger partial charge in [-0.2, -0.15) is 0 Å². The highest BCUT2D eigenvalue weighted by Crippen LogP contribution is 2.22. The van der Waals surface area contributed by atoms with Crippen LogP contribution in [0.2, 0.25) is 0 Å². The molecule has 2 saturated heterocycles. The molecule has 2 fully saturated rings. The summed E-state index contributed by atoms with van der Waals surface area (Å²) in [7, 11) is 0. The molecule has 15 N–H and O–H groups in total. The van der Waals surface area contributed by atoms with Gasteiger partial charge in [0.15, 0.2) is 0 Å². The van der Waals surface area contributed by atoms with Crippen LogP contribution < -0.4 is 53.6 Å². The summed E-state index contributed by atoms with van der Waals surface area (Å²) < 4.78 is 0. The van der Waals surface area contributed by atoms with Gasteiger partial charge in [-0.25, -0.2) is 14.8 Å². The number of imidazole rings is 2. The van der Waals surface area contributed by atoms with Crippen LogP contribution in [0.4, 0.5) is 0 Å². The molecule has 4 heterocycles. The molecule has 6 aromatic rings. The summed E-state index contributed by atoms with van der Waals surface area (Å²) in [4.78, 5) is 159. The molecule has 0 spiro atoms. The van der Waals surface area contributed by atoms with E-state index in [1.165, 1.54) is 35.9 Å². The number of rotatable bonds is 35. The minimum absolute atomic E-state index is 0.0484. The first-order valence-corrected chi connectivity index (χ1v) is 32.6. The highest BCUT2D eigenvalue weighted by atomic mass is 16.4. The summed E-state index contributed by atoms with van der Waals surface area (Å²) in [5.74, 6) is -8.30. The van der Waals surface area contributed by atoms with E-state index in [1.807, 2.05) is 0 Å². The van der Waals surface area contributed by atoms with E-state index in [1.54, 1.807) is 123 Å². The Hall–Kier alpha value is -10.3. The number of nitrogens with zero attached hydrogens (tertiary/aromatic N) is 3. The van der Waals surface area contributed by atoms with E-state index in [0.29, 0.717) is 72.4 Å². The SMILES string of the molecule is CC(C)[C@H](NC(=O)[C@H](Cc1ccccc1)NC(=O)[C@H](Cc1ccccc1)NC(=O)[C@H](Cc1cnc[nH]1)NC(=O)[C@H](Cc1ccccc1)NC(=O)C1CCCN1C(=O)[C@H](Cc1cnc[nH]1)NC(=O)[C@@H]1CCCN1)C(=O)N[C@@H](Cc1ccc(O)cc1)C(=O)N[C@@H](CCCCN)C(=O)O. The number of nitrogens with one attached hydrogen (secondary N) is 11. The molecule has 2 aliphatic rings. The number of carbonyl (C=O) groups excluding carboxylic acids is 9. The summed E-state index contributed by atoms with van der Waals surface area (Å²) >= 11 is 0. The van der Waals surface area contributed by atoms with Gasteiger partial charge in [0.05, 0.1) is 18.7 Å². The average molecular weight is 1320 g/mol. The molecule has 4 aromatic carbocycles. The minimum Gasteiger partial charge on any atom is -0.508 e. The van der Waals surface area contributed by atoms with Crippen LogP contribution in [0, 0.1) is 5.92 Å². The smallest absolute Gasteiger partial charge is 0.326 e. The van der Waals surface area contributed by atoms with Crippen molar-refractivity contribution in [1.29, 1.82) is 0 Å². The maximum Gasteiger partial charge on any atom is 0.326 e. The van der Waals surface area contributed by atoms with Gasteiger partial charge >= 0.3 is 5.97 Å². The molecule has 96 heavy (non-hydrogen) atoms. The third-order valence-corrected chi connectivity index (χ3v) is 17.0. The fraction of sp³-hybridized carbons (Fsp3) is 0.420. The lowest BCUT2D eigenvalue weighted by Gasteiger charge is -2.31. The van der Waals surface area contributed by atoms with Crippen molar-refractivity contribution in [3.8, 4) is 5.75 Å². The number of carbonyl (C=O) groups is 10. The fourth-order valence-corrected chi connectivity index (χ4v) is 11.7. The normalized spacial score (nSPS) is 16.9. The van der Waals surface area contributed by atoms with Crippen molar-refractivity contribution >= 4 is 59.1 Å². The zero-order valence-corrected chi connectivity index (χ0v) is 53.8.